The first-order chi connectivity index (χ1) is 9.89. The number of fused-ring (bicyclic) bond motifs is 1. The first-order valence-electron chi connectivity index (χ1n) is 7.24. The van der Waals surface area contributed by atoms with E-state index in [-0.39, 0.29) is 5.92 Å². The summed E-state index contributed by atoms with van der Waals surface area (Å²) in [4.78, 5) is 11.3. The second-order valence-corrected chi connectivity index (χ2v) is 7.93. The Morgan fingerprint density at radius 2 is 1.95 bits per heavy atom. The van der Waals surface area contributed by atoms with Gasteiger partial charge in [-0.2, -0.15) is 4.31 Å². The van der Waals surface area contributed by atoms with Gasteiger partial charge in [0.1, 0.15) is 0 Å². The van der Waals surface area contributed by atoms with Crippen molar-refractivity contribution in [3.05, 3.63) is 29.3 Å². The van der Waals surface area contributed by atoms with E-state index in [1.54, 1.807) is 19.1 Å². The summed E-state index contributed by atoms with van der Waals surface area (Å²) in [6.45, 7) is 2.23. The summed E-state index contributed by atoms with van der Waals surface area (Å²) in [7, 11) is -3.48. The summed E-state index contributed by atoms with van der Waals surface area (Å²) < 4.78 is 26.4. The van der Waals surface area contributed by atoms with Gasteiger partial charge in [-0.3, -0.25) is 4.79 Å². The van der Waals surface area contributed by atoms with E-state index in [1.807, 2.05) is 6.07 Å². The quantitative estimate of drug-likeness (QED) is 0.915. The number of rotatable bonds is 4. The molecule has 5 nitrogen and oxygen atoms in total. The molecule has 114 valence electrons. The Bertz CT molecular complexity index is 677. The van der Waals surface area contributed by atoms with Gasteiger partial charge in [0.25, 0.3) is 0 Å². The third kappa shape index (κ3) is 2.46. The number of carbonyl (C=O) groups is 1. The molecule has 1 fully saturated rings. The van der Waals surface area contributed by atoms with Crippen molar-refractivity contribution in [2.75, 3.05) is 13.1 Å². The second kappa shape index (κ2) is 5.10. The van der Waals surface area contributed by atoms with Crippen molar-refractivity contribution < 1.29 is 18.3 Å². The molecule has 1 aromatic carbocycles. The molecule has 2 aliphatic rings. The molecule has 1 N–H and O–H groups in total. The Morgan fingerprint density at radius 3 is 2.62 bits per heavy atom. The van der Waals surface area contributed by atoms with Crippen LogP contribution in [-0.4, -0.2) is 36.9 Å². The predicted molar refractivity (Wildman–Crippen MR) is 77.5 cm³/mol. The third-order valence-electron chi connectivity index (χ3n) is 4.68. The standard InChI is InChI=1S/C15H19NO4S/c1-10(15(17)18)13-8-16(9-13)21(19,20)14-6-5-11-3-2-4-12(11)7-14/h5-7,10,13H,2-4,8-9H2,1H3,(H,17,18). The molecular weight excluding hydrogens is 290 g/mol. The van der Waals surface area contributed by atoms with Gasteiger partial charge in [-0.05, 0) is 48.4 Å². The molecule has 1 aromatic rings. The van der Waals surface area contributed by atoms with Gasteiger partial charge in [0.05, 0.1) is 10.8 Å². The fraction of sp³-hybridized carbons (Fsp3) is 0.533. The van der Waals surface area contributed by atoms with Crippen molar-refractivity contribution in [3.63, 3.8) is 0 Å². The molecule has 6 heteroatoms. The van der Waals surface area contributed by atoms with E-state index < -0.39 is 21.9 Å². The number of carboxylic acids is 1. The maximum atomic E-state index is 12.5. The molecule has 1 unspecified atom stereocenters. The monoisotopic (exact) mass is 309 g/mol. The number of carboxylic acid groups (broad SMARTS) is 1. The van der Waals surface area contributed by atoms with Crippen LogP contribution >= 0.6 is 0 Å². The minimum absolute atomic E-state index is 0.0910. The van der Waals surface area contributed by atoms with E-state index in [1.165, 1.54) is 9.87 Å². The zero-order valence-electron chi connectivity index (χ0n) is 11.9. The minimum atomic E-state index is -3.48. The number of sulfonamides is 1. The largest absolute Gasteiger partial charge is 0.481 e. The van der Waals surface area contributed by atoms with E-state index in [4.69, 9.17) is 5.11 Å². The Hall–Kier alpha value is -1.40. The molecule has 0 spiro atoms. The molecule has 1 heterocycles. The molecule has 1 atom stereocenters. The van der Waals surface area contributed by atoms with Gasteiger partial charge in [0.15, 0.2) is 0 Å². The summed E-state index contributed by atoms with van der Waals surface area (Å²) in [6, 6.07) is 5.37. The van der Waals surface area contributed by atoms with E-state index >= 15 is 0 Å². The number of hydrogen-bond acceptors (Lipinski definition) is 3. The fourth-order valence-corrected chi connectivity index (χ4v) is 4.65. The van der Waals surface area contributed by atoms with Gasteiger partial charge in [-0.25, -0.2) is 8.42 Å². The van der Waals surface area contributed by atoms with Gasteiger partial charge in [-0.1, -0.05) is 13.0 Å². The first-order valence-corrected chi connectivity index (χ1v) is 8.68. The van der Waals surface area contributed by atoms with Crippen molar-refractivity contribution in [1.29, 1.82) is 0 Å². The zero-order valence-corrected chi connectivity index (χ0v) is 12.8. The van der Waals surface area contributed by atoms with Crippen LogP contribution in [-0.2, 0) is 27.7 Å². The maximum Gasteiger partial charge on any atom is 0.306 e. The average molecular weight is 309 g/mol. The van der Waals surface area contributed by atoms with Gasteiger partial charge in [-0.15, -0.1) is 0 Å². The lowest BCUT2D eigenvalue weighted by molar-refractivity contribution is -0.144. The molecular formula is C15H19NO4S. The molecule has 3 rings (SSSR count). The highest BCUT2D eigenvalue weighted by molar-refractivity contribution is 7.89. The normalized spacial score (nSPS) is 20.8. The van der Waals surface area contributed by atoms with Crippen molar-refractivity contribution in [3.8, 4) is 0 Å². The van der Waals surface area contributed by atoms with E-state index in [0.29, 0.717) is 18.0 Å². The summed E-state index contributed by atoms with van der Waals surface area (Å²) in [6.07, 6.45) is 3.05. The van der Waals surface area contributed by atoms with Gasteiger partial charge in [0, 0.05) is 13.1 Å². The fourth-order valence-electron chi connectivity index (χ4n) is 3.04. The van der Waals surface area contributed by atoms with Crippen LogP contribution in [0.15, 0.2) is 23.1 Å². The van der Waals surface area contributed by atoms with Crippen LogP contribution in [0.5, 0.6) is 0 Å². The highest BCUT2D eigenvalue weighted by atomic mass is 32.2. The van der Waals surface area contributed by atoms with Gasteiger partial charge >= 0.3 is 5.97 Å². The van der Waals surface area contributed by atoms with Crippen LogP contribution in [0.3, 0.4) is 0 Å². The lowest BCUT2D eigenvalue weighted by Gasteiger charge is -2.40. The number of nitrogens with zero attached hydrogens (tertiary/aromatic N) is 1. The SMILES string of the molecule is CC(C(=O)O)C1CN(S(=O)(=O)c2ccc3c(c2)CCC3)C1. The lowest BCUT2D eigenvalue weighted by atomic mass is 9.89. The molecule has 0 radical (unpaired) electrons. The Labute approximate surface area is 124 Å². The van der Waals surface area contributed by atoms with Crippen LogP contribution in [0, 0.1) is 11.8 Å². The van der Waals surface area contributed by atoms with Crippen LogP contribution in [0.2, 0.25) is 0 Å². The maximum absolute atomic E-state index is 12.5. The number of benzene rings is 1. The summed E-state index contributed by atoms with van der Waals surface area (Å²) in [5.41, 5.74) is 2.38. The highest BCUT2D eigenvalue weighted by Gasteiger charge is 2.41. The Kier molecular flexibility index (Phi) is 3.53. The van der Waals surface area contributed by atoms with Gasteiger partial charge < -0.3 is 5.11 Å². The topological polar surface area (TPSA) is 74.7 Å². The number of hydrogen-bond donors (Lipinski definition) is 1. The lowest BCUT2D eigenvalue weighted by Crippen LogP contribution is -2.53. The number of aliphatic carboxylic acids is 1. The summed E-state index contributed by atoms with van der Waals surface area (Å²) in [5, 5.41) is 8.96. The Balaban J connectivity index is 1.76. The zero-order chi connectivity index (χ0) is 15.2. The van der Waals surface area contributed by atoms with Crippen LogP contribution in [0.25, 0.3) is 0 Å². The minimum Gasteiger partial charge on any atom is -0.481 e. The van der Waals surface area contributed by atoms with Crippen molar-refractivity contribution in [1.82, 2.24) is 4.31 Å². The van der Waals surface area contributed by atoms with Crippen LogP contribution in [0.1, 0.15) is 24.5 Å². The average Bonchev–Trinajstić information content (AvgIpc) is 2.83. The van der Waals surface area contributed by atoms with Crippen molar-refractivity contribution in [2.45, 2.75) is 31.1 Å². The molecule has 0 amide bonds. The van der Waals surface area contributed by atoms with E-state index in [2.05, 4.69) is 0 Å². The molecule has 1 aliphatic heterocycles. The third-order valence-corrected chi connectivity index (χ3v) is 6.51. The molecule has 0 saturated carbocycles. The summed E-state index contributed by atoms with van der Waals surface area (Å²) in [5.74, 6) is -1.46. The van der Waals surface area contributed by atoms with Crippen molar-refractivity contribution in [2.24, 2.45) is 11.8 Å². The highest BCUT2D eigenvalue weighted by Crippen LogP contribution is 2.32. The number of aryl methyl sites for hydroxylation is 2. The molecule has 21 heavy (non-hydrogen) atoms. The molecule has 1 saturated heterocycles. The predicted octanol–water partition coefficient (Wildman–Crippen LogP) is 1.52. The first kappa shape index (κ1) is 14.5. The second-order valence-electron chi connectivity index (χ2n) is 5.99. The van der Waals surface area contributed by atoms with Crippen LogP contribution in [0.4, 0.5) is 0 Å². The van der Waals surface area contributed by atoms with Gasteiger partial charge in [0.2, 0.25) is 10.0 Å². The van der Waals surface area contributed by atoms with E-state index in [9.17, 15) is 13.2 Å². The van der Waals surface area contributed by atoms with Crippen molar-refractivity contribution >= 4 is 16.0 Å². The van der Waals surface area contributed by atoms with Crippen LogP contribution < -0.4 is 0 Å². The smallest absolute Gasteiger partial charge is 0.306 e. The molecule has 1 aliphatic carbocycles. The summed E-state index contributed by atoms with van der Waals surface area (Å²) >= 11 is 0. The molecule has 0 aromatic heterocycles. The molecule has 0 bridgehead atoms. The van der Waals surface area contributed by atoms with E-state index in [0.717, 1.165) is 24.8 Å². The Morgan fingerprint density at radius 1 is 1.29 bits per heavy atom.